The molecule has 0 aliphatic rings. The first-order valence-corrected chi connectivity index (χ1v) is 7.46. The Labute approximate surface area is 136 Å². The Morgan fingerprint density at radius 3 is 2.19 bits per heavy atom. The number of anilines is 1. The van der Waals surface area contributed by atoms with Gasteiger partial charge in [0, 0.05) is 21.2 Å². The maximum atomic E-state index is 12.0. The molecule has 2 aromatic carbocycles. The quantitative estimate of drug-likeness (QED) is 0.677. The highest BCUT2D eigenvalue weighted by Gasteiger charge is 2.30. The standard InChI is InChI=1S/C14H10Br2F3NO/c15-12-6-1-9(7-13(12)16)8-20-10-2-4-11(5-3-10)21-14(17,18)19/h1-7,20H,8H2. The normalized spacial score (nSPS) is 11.3. The van der Waals surface area contributed by atoms with Crippen molar-refractivity contribution in [3.05, 3.63) is 57.0 Å². The Hall–Kier alpha value is -1.21. The van der Waals surface area contributed by atoms with Gasteiger partial charge in [0.1, 0.15) is 5.75 Å². The van der Waals surface area contributed by atoms with Gasteiger partial charge >= 0.3 is 6.36 Å². The first-order chi connectivity index (χ1) is 9.83. The summed E-state index contributed by atoms with van der Waals surface area (Å²) in [5, 5.41) is 3.12. The predicted molar refractivity (Wildman–Crippen MR) is 82.3 cm³/mol. The minimum atomic E-state index is -4.67. The third-order valence-corrected chi connectivity index (χ3v) is 4.45. The van der Waals surface area contributed by atoms with Gasteiger partial charge in [-0.25, -0.2) is 0 Å². The molecule has 2 rings (SSSR count). The summed E-state index contributed by atoms with van der Waals surface area (Å²) in [7, 11) is 0. The molecule has 112 valence electrons. The molecule has 0 amide bonds. The molecular weight excluding hydrogens is 415 g/mol. The molecule has 0 saturated carbocycles. The minimum Gasteiger partial charge on any atom is -0.406 e. The monoisotopic (exact) mass is 423 g/mol. The molecule has 2 nitrogen and oxygen atoms in total. The van der Waals surface area contributed by atoms with Crippen LogP contribution in [0.5, 0.6) is 5.75 Å². The first kappa shape index (κ1) is 16.2. The molecule has 0 radical (unpaired) electrons. The number of hydrogen-bond donors (Lipinski definition) is 1. The van der Waals surface area contributed by atoms with Gasteiger partial charge in [0.2, 0.25) is 0 Å². The largest absolute Gasteiger partial charge is 0.573 e. The van der Waals surface area contributed by atoms with Gasteiger partial charge in [0.05, 0.1) is 0 Å². The van der Waals surface area contributed by atoms with Gasteiger partial charge in [-0.3, -0.25) is 0 Å². The van der Waals surface area contributed by atoms with Crippen molar-refractivity contribution >= 4 is 37.5 Å². The summed E-state index contributed by atoms with van der Waals surface area (Å²) in [6.07, 6.45) is -4.67. The van der Waals surface area contributed by atoms with E-state index >= 15 is 0 Å². The molecular formula is C14H10Br2F3NO. The lowest BCUT2D eigenvalue weighted by molar-refractivity contribution is -0.274. The zero-order valence-electron chi connectivity index (χ0n) is 10.5. The Morgan fingerprint density at radius 1 is 0.952 bits per heavy atom. The van der Waals surface area contributed by atoms with Crippen molar-refractivity contribution < 1.29 is 17.9 Å². The highest BCUT2D eigenvalue weighted by molar-refractivity contribution is 9.13. The molecule has 1 N–H and O–H groups in total. The Morgan fingerprint density at radius 2 is 1.62 bits per heavy atom. The van der Waals surface area contributed by atoms with Crippen molar-refractivity contribution in [3.8, 4) is 5.75 Å². The second-order valence-electron chi connectivity index (χ2n) is 4.17. The van der Waals surface area contributed by atoms with Crippen LogP contribution >= 0.6 is 31.9 Å². The zero-order valence-corrected chi connectivity index (χ0v) is 13.7. The second kappa shape index (κ2) is 6.70. The van der Waals surface area contributed by atoms with Crippen LogP contribution in [0.15, 0.2) is 51.4 Å². The number of nitrogens with one attached hydrogen (secondary N) is 1. The average molecular weight is 425 g/mol. The number of halogens is 5. The van der Waals surface area contributed by atoms with Crippen LogP contribution in [0, 0.1) is 0 Å². The molecule has 0 saturated heterocycles. The van der Waals surface area contributed by atoms with Gasteiger partial charge in [-0.2, -0.15) is 0 Å². The SMILES string of the molecule is FC(F)(F)Oc1ccc(NCc2ccc(Br)c(Br)c2)cc1. The fourth-order valence-corrected chi connectivity index (χ4v) is 2.30. The molecule has 0 aliphatic carbocycles. The molecule has 0 bridgehead atoms. The maximum absolute atomic E-state index is 12.0. The summed E-state index contributed by atoms with van der Waals surface area (Å²) >= 11 is 6.80. The fourth-order valence-electron chi connectivity index (χ4n) is 1.63. The van der Waals surface area contributed by atoms with Crippen molar-refractivity contribution in [3.63, 3.8) is 0 Å². The van der Waals surface area contributed by atoms with Gasteiger partial charge in [0.25, 0.3) is 0 Å². The van der Waals surface area contributed by atoms with Crippen LogP contribution in [0.3, 0.4) is 0 Å². The van der Waals surface area contributed by atoms with E-state index in [2.05, 4.69) is 41.9 Å². The van der Waals surface area contributed by atoms with Crippen molar-refractivity contribution in [2.75, 3.05) is 5.32 Å². The molecule has 0 heterocycles. The summed E-state index contributed by atoms with van der Waals surface area (Å²) in [4.78, 5) is 0. The third-order valence-electron chi connectivity index (χ3n) is 2.57. The van der Waals surface area contributed by atoms with Gasteiger partial charge in [-0.15, -0.1) is 13.2 Å². The van der Waals surface area contributed by atoms with E-state index in [1.807, 2.05) is 18.2 Å². The van der Waals surface area contributed by atoms with E-state index in [1.165, 1.54) is 24.3 Å². The molecule has 0 aromatic heterocycles. The van der Waals surface area contributed by atoms with Crippen LogP contribution < -0.4 is 10.1 Å². The van der Waals surface area contributed by atoms with Gasteiger partial charge in [-0.05, 0) is 73.8 Å². The maximum Gasteiger partial charge on any atom is 0.573 e. The molecule has 21 heavy (non-hydrogen) atoms. The highest BCUT2D eigenvalue weighted by atomic mass is 79.9. The van der Waals surface area contributed by atoms with Crippen LogP contribution in [0.1, 0.15) is 5.56 Å². The van der Waals surface area contributed by atoms with Crippen molar-refractivity contribution in [2.24, 2.45) is 0 Å². The highest BCUT2D eigenvalue weighted by Crippen LogP contribution is 2.26. The molecule has 2 aromatic rings. The Bertz CT molecular complexity index is 615. The van der Waals surface area contributed by atoms with Crippen LogP contribution in [-0.2, 0) is 6.54 Å². The van der Waals surface area contributed by atoms with Crippen LogP contribution in [0.2, 0.25) is 0 Å². The van der Waals surface area contributed by atoms with Crippen molar-refractivity contribution in [1.29, 1.82) is 0 Å². The van der Waals surface area contributed by atoms with Crippen LogP contribution in [0.25, 0.3) is 0 Å². The Kier molecular flexibility index (Phi) is 5.16. The smallest absolute Gasteiger partial charge is 0.406 e. The topological polar surface area (TPSA) is 21.3 Å². The number of hydrogen-bond acceptors (Lipinski definition) is 2. The first-order valence-electron chi connectivity index (χ1n) is 5.87. The van der Waals surface area contributed by atoms with E-state index in [0.717, 1.165) is 14.5 Å². The van der Waals surface area contributed by atoms with E-state index in [-0.39, 0.29) is 5.75 Å². The van der Waals surface area contributed by atoms with Crippen LogP contribution in [0.4, 0.5) is 18.9 Å². The summed E-state index contributed by atoms with van der Waals surface area (Å²) in [6.45, 7) is 0.561. The summed E-state index contributed by atoms with van der Waals surface area (Å²) in [5.41, 5.74) is 1.75. The van der Waals surface area contributed by atoms with Gasteiger partial charge in [0.15, 0.2) is 0 Å². The lowest BCUT2D eigenvalue weighted by Gasteiger charge is -2.10. The summed E-state index contributed by atoms with van der Waals surface area (Å²) in [5.74, 6) is -0.237. The van der Waals surface area contributed by atoms with E-state index in [4.69, 9.17) is 0 Å². The predicted octanol–water partition coefficient (Wildman–Crippen LogP) is 5.72. The number of ether oxygens (including phenoxy) is 1. The van der Waals surface area contributed by atoms with E-state index in [9.17, 15) is 13.2 Å². The summed E-state index contributed by atoms with van der Waals surface area (Å²) in [6, 6.07) is 11.4. The molecule has 0 fully saturated rings. The van der Waals surface area contributed by atoms with Gasteiger partial charge in [-0.1, -0.05) is 6.07 Å². The van der Waals surface area contributed by atoms with Crippen molar-refractivity contribution in [2.45, 2.75) is 12.9 Å². The molecule has 0 atom stereocenters. The number of benzene rings is 2. The van der Waals surface area contributed by atoms with E-state index < -0.39 is 6.36 Å². The molecule has 0 unspecified atom stereocenters. The Balaban J connectivity index is 1.96. The molecule has 7 heteroatoms. The third kappa shape index (κ3) is 5.24. The van der Waals surface area contributed by atoms with Crippen LogP contribution in [-0.4, -0.2) is 6.36 Å². The van der Waals surface area contributed by atoms with E-state index in [1.54, 1.807) is 0 Å². The van der Waals surface area contributed by atoms with Gasteiger partial charge < -0.3 is 10.1 Å². The zero-order chi connectivity index (χ0) is 15.5. The fraction of sp³-hybridized carbons (Fsp3) is 0.143. The number of rotatable bonds is 4. The average Bonchev–Trinajstić information content (AvgIpc) is 2.40. The lowest BCUT2D eigenvalue weighted by Crippen LogP contribution is -2.17. The second-order valence-corrected chi connectivity index (χ2v) is 5.88. The van der Waals surface area contributed by atoms with E-state index in [0.29, 0.717) is 12.2 Å². The molecule has 0 aliphatic heterocycles. The number of alkyl halides is 3. The van der Waals surface area contributed by atoms with Crippen molar-refractivity contribution in [1.82, 2.24) is 0 Å². The molecule has 0 spiro atoms. The minimum absolute atomic E-state index is 0.237. The lowest BCUT2D eigenvalue weighted by atomic mass is 10.2. The summed E-state index contributed by atoms with van der Waals surface area (Å²) < 4.78 is 41.8.